The van der Waals surface area contributed by atoms with Crippen LogP contribution in [0.4, 0.5) is 4.39 Å². The number of benzene rings is 8. The summed E-state index contributed by atoms with van der Waals surface area (Å²) in [6, 6.07) is 59.3. The van der Waals surface area contributed by atoms with Crippen molar-refractivity contribution < 1.29 is 4.39 Å². The number of fused-ring (bicyclic) bond motifs is 28. The molecule has 20 nitrogen and oxygen atoms in total. The molecule has 8 N–H and O–H groups in total. The first-order chi connectivity index (χ1) is 52.8. The molecule has 0 atom stereocenters. The number of hydrogen-bond acceptors (Lipinski definition) is 12. The first kappa shape index (κ1) is 61.2. The molecule has 16 heterocycles. The molecule has 0 aliphatic heterocycles. The monoisotopic (exact) mass is 1450 g/mol. The van der Waals surface area contributed by atoms with Crippen LogP contribution in [-0.4, -0.2) is 99.7 Å². The quantitative estimate of drug-likeness (QED) is 0.0764. The Kier molecular flexibility index (Phi) is 13.9. The summed E-state index contributed by atoms with van der Waals surface area (Å²) in [4.78, 5) is 83.5. The van der Waals surface area contributed by atoms with Gasteiger partial charge in [-0.25, -0.2) is 24.3 Å². The molecule has 0 bridgehead atoms. The lowest BCUT2D eigenvalue weighted by molar-refractivity contribution is 0.630. The van der Waals surface area contributed by atoms with Gasteiger partial charge in [0.2, 0.25) is 0 Å². The molecular weight excluding hydrogens is 1400 g/mol. The molecule has 24 rings (SSSR count). The van der Waals surface area contributed by atoms with Crippen molar-refractivity contribution in [2.45, 2.75) is 6.92 Å². The van der Waals surface area contributed by atoms with Gasteiger partial charge >= 0.3 is 0 Å². The van der Waals surface area contributed by atoms with Crippen molar-refractivity contribution in [1.29, 1.82) is 0 Å². The van der Waals surface area contributed by atoms with Gasteiger partial charge in [-0.05, 0) is 153 Å². The van der Waals surface area contributed by atoms with Crippen LogP contribution in [0, 0.1) is 12.7 Å². The zero-order valence-electron chi connectivity index (χ0n) is 56.3. The molecule has 16 aromatic heterocycles. The number of aromatic nitrogens is 20. The molecule has 0 spiro atoms. The summed E-state index contributed by atoms with van der Waals surface area (Å²) >= 11 is 3.56. The van der Waals surface area contributed by atoms with E-state index in [0.717, 1.165) is 219 Å². The summed E-state index contributed by atoms with van der Waals surface area (Å²) in [6.45, 7) is 2.09. The maximum Gasteiger partial charge on any atom is 0.140 e. The first-order valence-corrected chi connectivity index (χ1v) is 35.3. The summed E-state index contributed by atoms with van der Waals surface area (Å²) in [5, 5.41) is 12.2. The van der Waals surface area contributed by atoms with E-state index in [9.17, 15) is 4.39 Å². The van der Waals surface area contributed by atoms with Crippen LogP contribution in [0.3, 0.4) is 0 Å². The number of para-hydroxylation sites is 2. The third kappa shape index (κ3) is 9.87. The van der Waals surface area contributed by atoms with Crippen LogP contribution in [-0.2, 0) is 0 Å². The smallest absolute Gasteiger partial charge is 0.140 e. The average molecular weight is 1450 g/mol. The number of halogens is 2. The minimum Gasteiger partial charge on any atom is -0.360 e. The fourth-order valence-corrected chi connectivity index (χ4v) is 15.7. The summed E-state index contributed by atoms with van der Waals surface area (Å²) in [6.07, 6.45) is 20.2. The molecular formula is C85H52BrFN20. The summed E-state index contributed by atoms with van der Waals surface area (Å²) in [5.41, 5.74) is 23.7. The van der Waals surface area contributed by atoms with Crippen molar-refractivity contribution in [3.8, 4) is 45.6 Å². The number of rotatable bonds is 4. The molecule has 0 amide bonds. The Hall–Kier alpha value is -14.5. The lowest BCUT2D eigenvalue weighted by atomic mass is 10.1. The standard InChI is InChI=1S/C22H15N5.C21H12BrN5.C21H12FN5.C21H13N5/c1-12-17(13-6-2-3-9-16(13)25-12)22-26-20-14-7-4-10-23-18(14)19-15(21(20)27-22)8-5-11-24-19;2*22-11-5-6-16-14(9-11)15(10-25-16)21-26-19-12-3-1-7-23-17(12)18-13(20(19)27-21)4-2-8-24-18;1-2-8-16-12(5-1)15(11-24-16)21-25-19-13-6-3-9-22-17(13)18-14(20(19)26-21)7-4-10-23-18/h2-11,25H,1H3,(H,26,27);2*1-10,25H,(H,26,27);1-11,24H,(H,25,26). The highest BCUT2D eigenvalue weighted by molar-refractivity contribution is 9.10. The predicted octanol–water partition coefficient (Wildman–Crippen LogP) is 20.4. The summed E-state index contributed by atoms with van der Waals surface area (Å²) < 4.78 is 14.8. The van der Waals surface area contributed by atoms with Crippen molar-refractivity contribution in [3.05, 3.63) is 266 Å². The molecule has 0 aliphatic carbocycles. The number of H-pyrrole nitrogens is 8. The predicted molar refractivity (Wildman–Crippen MR) is 428 cm³/mol. The highest BCUT2D eigenvalue weighted by atomic mass is 79.9. The zero-order chi connectivity index (χ0) is 71.0. The van der Waals surface area contributed by atoms with Crippen LogP contribution in [0.15, 0.2) is 255 Å². The highest BCUT2D eigenvalue weighted by Crippen LogP contribution is 2.41. The van der Waals surface area contributed by atoms with Gasteiger partial charge in [-0.2, -0.15) is 0 Å². The lowest BCUT2D eigenvalue weighted by Gasteiger charge is -2.03. The lowest BCUT2D eigenvalue weighted by Crippen LogP contribution is -1.86. The molecule has 0 unspecified atom stereocenters. The van der Waals surface area contributed by atoms with Crippen molar-refractivity contribution >= 4 is 191 Å². The molecule has 0 radical (unpaired) electrons. The number of hydrogen-bond donors (Lipinski definition) is 8. The maximum atomic E-state index is 13.8. The molecule has 22 heteroatoms. The third-order valence-electron chi connectivity index (χ3n) is 20.0. The molecule has 0 fully saturated rings. The van der Waals surface area contributed by atoms with Crippen LogP contribution in [0.2, 0.25) is 0 Å². The fourth-order valence-electron chi connectivity index (χ4n) is 15.3. The van der Waals surface area contributed by atoms with Crippen molar-refractivity contribution in [2.24, 2.45) is 0 Å². The van der Waals surface area contributed by atoms with E-state index in [0.29, 0.717) is 5.82 Å². The van der Waals surface area contributed by atoms with E-state index in [2.05, 4.69) is 181 Å². The second kappa shape index (κ2) is 24.3. The van der Waals surface area contributed by atoms with E-state index in [1.54, 1.807) is 49.4 Å². The Morgan fingerprint density at radius 3 is 1.00 bits per heavy atom. The Balaban J connectivity index is 0.0000000914. The van der Waals surface area contributed by atoms with E-state index >= 15 is 0 Å². The summed E-state index contributed by atoms with van der Waals surface area (Å²) in [5.74, 6) is 2.95. The number of imidazole rings is 4. The van der Waals surface area contributed by atoms with Crippen molar-refractivity contribution in [2.75, 3.05) is 0 Å². The minimum absolute atomic E-state index is 0.274. The Morgan fingerprint density at radius 1 is 0.271 bits per heavy atom. The molecule has 0 saturated heterocycles. The van der Waals surface area contributed by atoms with Gasteiger partial charge in [-0.15, -0.1) is 0 Å². The summed E-state index contributed by atoms with van der Waals surface area (Å²) in [7, 11) is 0. The van der Waals surface area contributed by atoms with E-state index in [-0.39, 0.29) is 5.82 Å². The number of nitrogens with one attached hydrogen (secondary N) is 8. The number of aryl methyl sites for hydroxylation is 1. The van der Waals surface area contributed by atoms with Gasteiger partial charge in [-0.3, -0.25) is 39.9 Å². The second-order valence-corrected chi connectivity index (χ2v) is 27.1. The molecule has 24 aromatic rings. The Bertz CT molecular complexity index is 7230. The van der Waals surface area contributed by atoms with Gasteiger partial charge in [0.05, 0.1) is 88.3 Å². The second-order valence-electron chi connectivity index (χ2n) is 26.1. The van der Waals surface area contributed by atoms with Gasteiger partial charge in [0.15, 0.2) is 0 Å². The van der Waals surface area contributed by atoms with E-state index < -0.39 is 0 Å². The first-order valence-electron chi connectivity index (χ1n) is 34.5. The normalized spacial score (nSPS) is 11.9. The molecule has 506 valence electrons. The Labute approximate surface area is 609 Å². The largest absolute Gasteiger partial charge is 0.360 e. The Morgan fingerprint density at radius 2 is 0.579 bits per heavy atom. The number of aromatic amines is 8. The highest BCUT2D eigenvalue weighted by Gasteiger charge is 2.23. The van der Waals surface area contributed by atoms with Crippen molar-refractivity contribution in [3.63, 3.8) is 0 Å². The fraction of sp³-hybridized carbons (Fsp3) is 0.0118. The topological polar surface area (TPSA) is 281 Å². The van der Waals surface area contributed by atoms with E-state index in [4.69, 9.17) is 19.9 Å². The van der Waals surface area contributed by atoms with Gasteiger partial charge in [0, 0.05) is 187 Å². The number of pyridine rings is 8. The molecule has 0 aliphatic rings. The van der Waals surface area contributed by atoms with E-state index in [1.165, 1.54) is 17.5 Å². The molecule has 0 saturated carbocycles. The molecule has 8 aromatic carbocycles. The third-order valence-corrected chi connectivity index (χ3v) is 20.5. The molecule has 107 heavy (non-hydrogen) atoms. The van der Waals surface area contributed by atoms with Gasteiger partial charge < -0.3 is 39.9 Å². The van der Waals surface area contributed by atoms with E-state index in [1.807, 2.05) is 110 Å². The van der Waals surface area contributed by atoms with Gasteiger partial charge in [-0.1, -0.05) is 52.3 Å². The van der Waals surface area contributed by atoms with Gasteiger partial charge in [0.1, 0.15) is 29.1 Å². The average Bonchev–Trinajstić information content (AvgIpc) is 1.65. The van der Waals surface area contributed by atoms with Crippen LogP contribution < -0.4 is 0 Å². The minimum atomic E-state index is -0.274. The number of nitrogens with zero attached hydrogens (tertiary/aromatic N) is 12. The van der Waals surface area contributed by atoms with Gasteiger partial charge in [0.25, 0.3) is 0 Å². The maximum absolute atomic E-state index is 13.8. The van der Waals surface area contributed by atoms with Crippen LogP contribution in [0.25, 0.3) is 221 Å². The zero-order valence-corrected chi connectivity index (χ0v) is 57.9. The SMILES string of the molecule is Brc1ccc2[nH]cc(-c3nc4c5cccnc5c5ncccc5c4[nH]3)c2c1.Cc1[nH]c2ccccc2c1-c1nc2c3cccnc3c3ncccc3c2[nH]1.Fc1ccc2[nH]cc(-c3nc4c5cccnc5c5ncccc5c4[nH]3)c2c1.c1ccc2c(-c3nc4c5cccnc5c5ncccc5c4[nH]3)c[nH]c2c1. The van der Waals surface area contributed by atoms with Crippen molar-refractivity contribution in [1.82, 2.24) is 99.7 Å². The van der Waals surface area contributed by atoms with Crippen LogP contribution >= 0.6 is 15.9 Å². The van der Waals surface area contributed by atoms with Crippen LogP contribution in [0.1, 0.15) is 5.69 Å². The van der Waals surface area contributed by atoms with Crippen LogP contribution in [0.5, 0.6) is 0 Å².